The highest BCUT2D eigenvalue weighted by Gasteiger charge is 2.43. The average Bonchev–Trinajstić information content (AvgIpc) is 1.65. The van der Waals surface area contributed by atoms with Crippen molar-refractivity contribution in [2.75, 3.05) is 9.80 Å². The van der Waals surface area contributed by atoms with Crippen LogP contribution in [0.4, 0.5) is 42.9 Å². The highest BCUT2D eigenvalue weighted by Crippen LogP contribution is 2.62. The number of halogens is 2. The Morgan fingerprint density at radius 1 is 0.262 bits per heavy atom. The smallest absolute Gasteiger partial charge is 0.123 e. The summed E-state index contributed by atoms with van der Waals surface area (Å²) in [6.45, 7) is 17.8. The second-order valence-corrected chi connectivity index (χ2v) is 24.3. The highest BCUT2D eigenvalue weighted by atomic mass is 19.1. The van der Waals surface area contributed by atoms with Crippen LogP contribution in [0.15, 0.2) is 243 Å². The first-order valence-corrected chi connectivity index (χ1v) is 29.2. The van der Waals surface area contributed by atoms with Crippen molar-refractivity contribution in [2.24, 2.45) is 0 Å². The van der Waals surface area contributed by atoms with Crippen molar-refractivity contribution >= 4 is 44.9 Å². The third kappa shape index (κ3) is 8.65. The van der Waals surface area contributed by atoms with E-state index >= 15 is 8.78 Å². The zero-order valence-electron chi connectivity index (χ0n) is 48.7. The van der Waals surface area contributed by atoms with Gasteiger partial charge in [0.1, 0.15) is 11.6 Å². The van der Waals surface area contributed by atoms with Gasteiger partial charge in [0.05, 0.1) is 0 Å². The molecule has 0 bridgehead atoms. The predicted octanol–water partition coefficient (Wildman–Crippen LogP) is 22.6. The number of hydrogen-bond donors (Lipinski definition) is 0. The van der Waals surface area contributed by atoms with Crippen LogP contribution in [0.5, 0.6) is 0 Å². The summed E-state index contributed by atoms with van der Waals surface area (Å²) in [4.78, 5) is 4.69. The number of rotatable bonds is 10. The molecular formula is C80H64F2N2. The van der Waals surface area contributed by atoms with Crippen molar-refractivity contribution in [3.05, 3.63) is 299 Å². The Morgan fingerprint density at radius 3 is 0.881 bits per heavy atom. The number of fused-ring (bicyclic) bond motifs is 7. The minimum absolute atomic E-state index is 0.319. The lowest BCUT2D eigenvalue weighted by Gasteiger charge is -2.29. The molecule has 12 aromatic carbocycles. The van der Waals surface area contributed by atoms with Crippen molar-refractivity contribution in [1.82, 2.24) is 0 Å². The number of benzene rings is 12. The lowest BCUT2D eigenvalue weighted by Crippen LogP contribution is -2.17. The van der Waals surface area contributed by atoms with Crippen LogP contribution in [0, 0.1) is 39.3 Å². The van der Waals surface area contributed by atoms with Gasteiger partial charge in [-0.2, -0.15) is 0 Å². The van der Waals surface area contributed by atoms with Gasteiger partial charge in [-0.25, -0.2) is 8.78 Å². The van der Waals surface area contributed by atoms with Crippen LogP contribution in [0.2, 0.25) is 0 Å². The molecule has 0 N–H and O–H groups in total. The van der Waals surface area contributed by atoms with Crippen molar-refractivity contribution < 1.29 is 8.78 Å². The van der Waals surface area contributed by atoms with Crippen LogP contribution in [0.25, 0.3) is 77.5 Å². The van der Waals surface area contributed by atoms with Crippen molar-refractivity contribution in [2.45, 2.75) is 66.2 Å². The highest BCUT2D eigenvalue weighted by molar-refractivity contribution is 6.19. The molecule has 0 aliphatic heterocycles. The first-order valence-electron chi connectivity index (χ1n) is 29.2. The summed E-state index contributed by atoms with van der Waals surface area (Å²) in [5, 5.41) is 1.95. The lowest BCUT2D eigenvalue weighted by atomic mass is 9.75. The largest absolute Gasteiger partial charge is 0.310 e. The van der Waals surface area contributed by atoms with Crippen LogP contribution in [-0.2, 0) is 10.8 Å². The molecule has 0 spiro atoms. The molecule has 0 aromatic heterocycles. The van der Waals surface area contributed by atoms with E-state index in [-0.39, 0.29) is 11.6 Å². The van der Waals surface area contributed by atoms with Gasteiger partial charge in [0.15, 0.2) is 0 Å². The Kier molecular flexibility index (Phi) is 12.5. The molecule has 0 saturated carbocycles. The van der Waals surface area contributed by atoms with Gasteiger partial charge < -0.3 is 9.80 Å². The third-order valence-electron chi connectivity index (χ3n) is 18.0. The number of aryl methyl sites for hydroxylation is 4. The molecule has 4 heteroatoms. The van der Waals surface area contributed by atoms with Crippen LogP contribution < -0.4 is 9.80 Å². The van der Waals surface area contributed by atoms with Crippen molar-refractivity contribution in [3.63, 3.8) is 0 Å². The predicted molar refractivity (Wildman–Crippen MR) is 349 cm³/mol. The minimum Gasteiger partial charge on any atom is -0.310 e. The molecule has 0 unspecified atom stereocenters. The summed E-state index contributed by atoms with van der Waals surface area (Å²) >= 11 is 0. The molecule has 84 heavy (non-hydrogen) atoms. The molecule has 0 amide bonds. The fourth-order valence-corrected chi connectivity index (χ4v) is 13.6. The normalized spacial score (nSPS) is 13.3. The number of anilines is 6. The molecule has 14 rings (SSSR count). The number of hydrogen-bond acceptors (Lipinski definition) is 2. The van der Waals surface area contributed by atoms with E-state index < -0.39 is 10.8 Å². The van der Waals surface area contributed by atoms with Gasteiger partial charge in [0.2, 0.25) is 0 Å². The average molecular weight is 1090 g/mol. The van der Waals surface area contributed by atoms with Gasteiger partial charge in [0, 0.05) is 45.0 Å². The Bertz CT molecular complexity index is 4170. The second kappa shape index (κ2) is 20.1. The third-order valence-corrected chi connectivity index (χ3v) is 18.0. The fraction of sp³-hybridized carbons (Fsp3) is 0.125. The molecule has 2 aliphatic rings. The Morgan fingerprint density at radius 2 is 0.560 bits per heavy atom. The molecule has 12 aromatic rings. The van der Waals surface area contributed by atoms with Gasteiger partial charge in [-0.15, -0.1) is 0 Å². The van der Waals surface area contributed by atoms with Gasteiger partial charge in [-0.1, -0.05) is 183 Å². The van der Waals surface area contributed by atoms with E-state index in [0.717, 1.165) is 123 Å². The molecule has 0 fully saturated rings. The van der Waals surface area contributed by atoms with Crippen molar-refractivity contribution in [3.8, 4) is 66.8 Å². The second-order valence-electron chi connectivity index (χ2n) is 24.3. The SMILES string of the molecule is Cc1ccc(N(c2ccc(C)cc2)c2ccc3c(c2)C(C)(C)c2cc4c(-c5cc(F)ccc5-c5ccccc5)c5c(cc4c(-c4cc(F)ccc4-c4ccccc4)c2-3)C(C)(C)c2cc(N(c3ccc(C)cc3)c3ccc(C)cc3)ccc2-5)cc1. The lowest BCUT2D eigenvalue weighted by molar-refractivity contribution is 0.628. The van der Waals surface area contributed by atoms with E-state index in [1.807, 2.05) is 24.3 Å². The molecule has 0 heterocycles. The van der Waals surface area contributed by atoms with E-state index in [1.54, 1.807) is 24.3 Å². The summed E-state index contributed by atoms with van der Waals surface area (Å²) in [7, 11) is 0. The molecule has 0 radical (unpaired) electrons. The first-order chi connectivity index (χ1) is 40.6. The van der Waals surface area contributed by atoms with E-state index in [0.29, 0.717) is 0 Å². The standard InChI is InChI=1S/C80H64F2N2/c1-49-19-29-57(30-20-49)83(58-31-21-50(2)22-32-58)61-37-41-65-71(45-61)79(5,6)73-47-69-70(75(77(65)73)67-43-55(81)27-39-63(67)53-15-11-9-12-16-53)48-74-78(76(69)68-44-56(82)28-40-64(68)54-17-13-10-14-18-54)66-42-38-62(46-72(66)80(74,7)8)84(59-33-23-51(3)24-34-59)60-35-25-52(4)26-36-60/h9-48H,1-8H3. The molecule has 0 atom stereocenters. The monoisotopic (exact) mass is 1090 g/mol. The van der Waals surface area contributed by atoms with Gasteiger partial charge >= 0.3 is 0 Å². The summed E-state index contributed by atoms with van der Waals surface area (Å²) < 4.78 is 33.5. The summed E-state index contributed by atoms with van der Waals surface area (Å²) in [6.07, 6.45) is 0. The van der Waals surface area contributed by atoms with Gasteiger partial charge in [-0.05, 0) is 237 Å². The van der Waals surface area contributed by atoms with E-state index in [2.05, 4.69) is 259 Å². The van der Waals surface area contributed by atoms with Crippen LogP contribution in [-0.4, -0.2) is 0 Å². The quantitative estimate of drug-likeness (QED) is 0.135. The maximum atomic E-state index is 16.8. The van der Waals surface area contributed by atoms with E-state index in [4.69, 9.17) is 0 Å². The summed E-state index contributed by atoms with van der Waals surface area (Å²) in [5.41, 5.74) is 26.2. The van der Waals surface area contributed by atoms with Gasteiger partial charge in [-0.3, -0.25) is 0 Å². The zero-order valence-corrected chi connectivity index (χ0v) is 48.7. The molecule has 0 saturated heterocycles. The summed E-state index contributed by atoms with van der Waals surface area (Å²) in [6, 6.07) is 84.9. The Hall–Kier alpha value is -9.64. The minimum atomic E-state index is -0.571. The molecular weight excluding hydrogens is 1030 g/mol. The van der Waals surface area contributed by atoms with Gasteiger partial charge in [0.25, 0.3) is 0 Å². The Labute approximate surface area is 492 Å². The first kappa shape index (κ1) is 52.4. The van der Waals surface area contributed by atoms with Crippen LogP contribution in [0.3, 0.4) is 0 Å². The van der Waals surface area contributed by atoms with E-state index in [1.165, 1.54) is 33.4 Å². The van der Waals surface area contributed by atoms with Crippen LogP contribution in [0.1, 0.15) is 72.2 Å². The van der Waals surface area contributed by atoms with E-state index in [9.17, 15) is 0 Å². The topological polar surface area (TPSA) is 6.48 Å². The maximum Gasteiger partial charge on any atom is 0.123 e. The molecule has 2 nitrogen and oxygen atoms in total. The maximum absolute atomic E-state index is 16.8. The molecule has 408 valence electrons. The molecule has 2 aliphatic carbocycles. The fourth-order valence-electron chi connectivity index (χ4n) is 13.6. The van der Waals surface area contributed by atoms with Crippen molar-refractivity contribution in [1.29, 1.82) is 0 Å². The zero-order chi connectivity index (χ0) is 57.8. The summed E-state index contributed by atoms with van der Waals surface area (Å²) in [5.74, 6) is -0.639. The number of nitrogens with zero attached hydrogens (tertiary/aromatic N) is 2. The van der Waals surface area contributed by atoms with Crippen LogP contribution >= 0.6 is 0 Å². The Balaban J connectivity index is 1.10.